The molecule has 1 aromatic carbocycles. The van der Waals surface area contributed by atoms with Gasteiger partial charge in [-0.3, -0.25) is 0 Å². The molecule has 0 atom stereocenters. The molecule has 0 heterocycles. The van der Waals surface area contributed by atoms with Gasteiger partial charge in [-0.1, -0.05) is 29.3 Å². The molecule has 10 heavy (non-hydrogen) atoms. The number of hydrogen-bond donors (Lipinski definition) is 1. The third-order valence-corrected chi connectivity index (χ3v) is 1.66. The van der Waals surface area contributed by atoms with E-state index in [1.807, 2.05) is 0 Å². The number of para-hydroxylation sites is 1. The number of benzene rings is 1. The van der Waals surface area contributed by atoms with Crippen LogP contribution in [0.1, 0.15) is 1.43 Å². The average molecular weight is 186 g/mol. The fourth-order valence-corrected chi connectivity index (χ4v) is 0.908. The molecule has 0 saturated heterocycles. The van der Waals surface area contributed by atoms with Crippen LogP contribution in [0.25, 0.3) is 0 Å². The molecular weight excluding hydrogens is 180 g/mol. The Hall–Kier alpha value is 0.600. The zero-order valence-electron chi connectivity index (χ0n) is 6.57. The largest absolute Gasteiger partial charge is 1.00 e. The number of nitrogen functional groups attached to an aromatic ring is 1. The van der Waals surface area contributed by atoms with Gasteiger partial charge in [-0.15, -0.1) is 0 Å². The molecule has 0 aromatic heterocycles. The van der Waals surface area contributed by atoms with Crippen LogP contribution in [0.3, 0.4) is 0 Å². The van der Waals surface area contributed by atoms with Crippen LogP contribution in [0, 0.1) is 0 Å². The molecule has 0 spiro atoms. The van der Waals surface area contributed by atoms with Gasteiger partial charge in [0.15, 0.2) is 0 Å². The Morgan fingerprint density at radius 1 is 1.20 bits per heavy atom. The van der Waals surface area contributed by atoms with Crippen molar-refractivity contribution in [3.05, 3.63) is 28.2 Å². The summed E-state index contributed by atoms with van der Waals surface area (Å²) >= 11 is 11.2. The predicted octanol–water partition coefficient (Wildman–Crippen LogP) is -0.308. The number of anilines is 1. The Bertz CT molecular complexity index is 212. The maximum Gasteiger partial charge on any atom is 1.00 e. The first-order valence-corrected chi connectivity index (χ1v) is 3.17. The second-order valence-corrected chi connectivity index (χ2v) is 2.45. The number of hydrogen-bond acceptors (Lipinski definition) is 1. The molecule has 1 aromatic rings. The number of nitrogens with two attached hydrogens (primary N) is 1. The fraction of sp³-hybridized carbons (Fsp3) is 0. The molecule has 1 rings (SSSR count). The predicted molar refractivity (Wildman–Crippen MR) is 42.0 cm³/mol. The van der Waals surface area contributed by atoms with Gasteiger partial charge in [0, 0.05) is 0 Å². The fourth-order valence-electron chi connectivity index (χ4n) is 0.511. The van der Waals surface area contributed by atoms with Gasteiger partial charge in [0.25, 0.3) is 0 Å². The van der Waals surface area contributed by atoms with E-state index in [4.69, 9.17) is 28.9 Å². The van der Waals surface area contributed by atoms with Crippen LogP contribution in [-0.4, -0.2) is 0 Å². The van der Waals surface area contributed by atoms with Crippen LogP contribution >= 0.6 is 23.2 Å². The topological polar surface area (TPSA) is 26.0 Å². The van der Waals surface area contributed by atoms with Gasteiger partial charge in [0.05, 0.1) is 15.7 Å². The van der Waals surface area contributed by atoms with Crippen LogP contribution in [0.4, 0.5) is 5.69 Å². The van der Waals surface area contributed by atoms with Crippen LogP contribution in [0.5, 0.6) is 0 Å². The summed E-state index contributed by atoms with van der Waals surface area (Å²) in [5, 5.41) is 1.00. The van der Waals surface area contributed by atoms with E-state index in [2.05, 4.69) is 0 Å². The van der Waals surface area contributed by atoms with Gasteiger partial charge < -0.3 is 7.16 Å². The number of rotatable bonds is 0. The molecule has 4 heteroatoms. The maximum absolute atomic E-state index is 5.60. The van der Waals surface area contributed by atoms with E-state index in [9.17, 15) is 0 Å². The minimum absolute atomic E-state index is 0. The molecule has 0 bridgehead atoms. The summed E-state index contributed by atoms with van der Waals surface area (Å²) < 4.78 is 0. The third kappa shape index (κ3) is 2.33. The van der Waals surface area contributed by atoms with Crippen molar-refractivity contribution in [3.63, 3.8) is 0 Å². The van der Waals surface area contributed by atoms with E-state index in [0.717, 1.165) is 0 Å². The first-order valence-electron chi connectivity index (χ1n) is 2.41. The van der Waals surface area contributed by atoms with E-state index in [1.165, 1.54) is 0 Å². The van der Waals surface area contributed by atoms with Crippen LogP contribution < -0.4 is 35.3 Å². The molecule has 0 fully saturated rings. The van der Waals surface area contributed by atoms with Crippen molar-refractivity contribution in [2.24, 2.45) is 0 Å². The van der Waals surface area contributed by atoms with Gasteiger partial charge in [-0.25, -0.2) is 0 Å². The van der Waals surface area contributed by atoms with Crippen LogP contribution in [0.15, 0.2) is 18.2 Å². The normalized spacial score (nSPS) is 8.60. The smallest absolute Gasteiger partial charge is 1.00 e. The molecule has 0 aliphatic heterocycles. The monoisotopic (exact) mass is 185 g/mol. The summed E-state index contributed by atoms with van der Waals surface area (Å²) in [5.74, 6) is 0. The first-order chi connectivity index (χ1) is 4.22. The molecule has 0 amide bonds. The Kier molecular flexibility index (Phi) is 4.74. The zero-order valence-corrected chi connectivity index (χ0v) is 9.08. The molecule has 0 unspecified atom stereocenters. The Labute approximate surface area is 93.3 Å². The van der Waals surface area contributed by atoms with Crippen molar-refractivity contribution in [3.8, 4) is 0 Å². The SMILES string of the molecule is Nc1c(Cl)cccc1Cl.[H-].[Na+]. The van der Waals surface area contributed by atoms with Gasteiger partial charge in [-0.05, 0) is 12.1 Å². The number of halogens is 2. The van der Waals surface area contributed by atoms with Crippen LogP contribution in [-0.2, 0) is 0 Å². The van der Waals surface area contributed by atoms with E-state index in [1.54, 1.807) is 18.2 Å². The van der Waals surface area contributed by atoms with E-state index >= 15 is 0 Å². The summed E-state index contributed by atoms with van der Waals surface area (Å²) in [4.78, 5) is 0. The zero-order chi connectivity index (χ0) is 6.85. The summed E-state index contributed by atoms with van der Waals surface area (Å²) in [7, 11) is 0. The van der Waals surface area contributed by atoms with Crippen molar-refractivity contribution in [1.29, 1.82) is 0 Å². The van der Waals surface area contributed by atoms with Crippen molar-refractivity contribution in [2.45, 2.75) is 0 Å². The minimum Gasteiger partial charge on any atom is -1.00 e. The van der Waals surface area contributed by atoms with Crippen LogP contribution in [0.2, 0.25) is 10.0 Å². The molecular formula is C6H6Cl2NNa. The van der Waals surface area contributed by atoms with Crippen molar-refractivity contribution >= 4 is 28.9 Å². The quantitative estimate of drug-likeness (QED) is 0.436. The second kappa shape index (κ2) is 4.47. The summed E-state index contributed by atoms with van der Waals surface area (Å²) in [6.07, 6.45) is 0. The van der Waals surface area contributed by atoms with Gasteiger partial charge >= 0.3 is 29.6 Å². The first kappa shape index (κ1) is 10.6. The molecule has 0 radical (unpaired) electrons. The molecule has 1 nitrogen and oxygen atoms in total. The Morgan fingerprint density at radius 3 is 1.90 bits per heavy atom. The van der Waals surface area contributed by atoms with E-state index in [-0.39, 0.29) is 31.0 Å². The van der Waals surface area contributed by atoms with E-state index < -0.39 is 0 Å². The van der Waals surface area contributed by atoms with Crippen molar-refractivity contribution in [1.82, 2.24) is 0 Å². The molecule has 2 N–H and O–H groups in total. The van der Waals surface area contributed by atoms with Gasteiger partial charge in [0.1, 0.15) is 0 Å². The minimum atomic E-state index is 0. The standard InChI is InChI=1S/C6H5Cl2N.Na.H/c7-4-2-1-3-5(8)6(4)9;;/h1-3H,9H2;;/q;+1;-1. The van der Waals surface area contributed by atoms with Crippen molar-refractivity contribution in [2.75, 3.05) is 5.73 Å². The molecule has 50 valence electrons. The Balaban J connectivity index is 0. The van der Waals surface area contributed by atoms with Gasteiger partial charge in [-0.2, -0.15) is 0 Å². The molecule has 0 aliphatic carbocycles. The summed E-state index contributed by atoms with van der Waals surface area (Å²) in [5.41, 5.74) is 5.86. The summed E-state index contributed by atoms with van der Waals surface area (Å²) in [6.45, 7) is 0. The second-order valence-electron chi connectivity index (χ2n) is 1.64. The Morgan fingerprint density at radius 2 is 1.60 bits per heavy atom. The molecule has 0 saturated carbocycles. The van der Waals surface area contributed by atoms with Gasteiger partial charge in [0.2, 0.25) is 0 Å². The average Bonchev–Trinajstić information content (AvgIpc) is 1.83. The van der Waals surface area contributed by atoms with Crippen molar-refractivity contribution < 1.29 is 31.0 Å². The maximum atomic E-state index is 5.60. The summed E-state index contributed by atoms with van der Waals surface area (Å²) in [6, 6.07) is 5.15. The molecule has 0 aliphatic rings. The van der Waals surface area contributed by atoms with E-state index in [0.29, 0.717) is 15.7 Å². The third-order valence-electron chi connectivity index (χ3n) is 1.000.